The summed E-state index contributed by atoms with van der Waals surface area (Å²) in [4.78, 5) is 36.2. The van der Waals surface area contributed by atoms with Crippen LogP contribution in [0.15, 0.2) is 128 Å². The van der Waals surface area contributed by atoms with Crippen LogP contribution >= 0.6 is 0 Å². The van der Waals surface area contributed by atoms with Crippen LogP contribution in [0.2, 0.25) is 0 Å². The molecule has 8 heteroatoms. The molecule has 0 bridgehead atoms. The van der Waals surface area contributed by atoms with Gasteiger partial charge in [0.2, 0.25) is 0 Å². The minimum absolute atomic E-state index is 0.224. The first-order valence-electron chi connectivity index (χ1n) is 16.4. The predicted molar refractivity (Wildman–Crippen MR) is 186 cm³/mol. The Labute approximate surface area is 282 Å². The maximum absolute atomic E-state index is 14.8. The summed E-state index contributed by atoms with van der Waals surface area (Å²) in [5.41, 5.74) is 3.81. The monoisotopic (exact) mass is 642 g/mol. The molecule has 3 atom stereocenters. The highest BCUT2D eigenvalue weighted by Gasteiger charge is 2.38. The summed E-state index contributed by atoms with van der Waals surface area (Å²) in [7, 11) is 0. The van der Waals surface area contributed by atoms with Gasteiger partial charge in [0.1, 0.15) is 11.7 Å². The molecule has 2 heterocycles. The molecular formula is C40H42N4O4. The van der Waals surface area contributed by atoms with Crippen molar-refractivity contribution in [1.82, 2.24) is 19.4 Å². The minimum atomic E-state index is -0.920. The molecular weight excluding hydrogens is 600 g/mol. The lowest BCUT2D eigenvalue weighted by Gasteiger charge is -2.41. The van der Waals surface area contributed by atoms with E-state index in [-0.39, 0.29) is 18.0 Å². The topological polar surface area (TPSA) is 87.9 Å². The van der Waals surface area contributed by atoms with Gasteiger partial charge in [0.25, 0.3) is 5.91 Å². The zero-order valence-corrected chi connectivity index (χ0v) is 27.6. The SMILES string of the molecule is CC(C)(C)OC(=O)N1CCN(C(=O)c2ncn([C@H](c3ccccc3)[C@@H](O)c3ccccc3)c2-c2ccccc2)[C@H](Cc2ccccc2)C1. The Morgan fingerprint density at radius 3 is 1.98 bits per heavy atom. The highest BCUT2D eigenvalue weighted by molar-refractivity contribution is 5.98. The fraction of sp³-hybridized carbons (Fsp3) is 0.275. The zero-order valence-electron chi connectivity index (χ0n) is 27.6. The fourth-order valence-electron chi connectivity index (χ4n) is 6.40. The Hall–Kier alpha value is -5.21. The molecule has 0 spiro atoms. The number of carbonyl (C=O) groups is 2. The Morgan fingerprint density at radius 1 is 0.812 bits per heavy atom. The van der Waals surface area contributed by atoms with Gasteiger partial charge in [0, 0.05) is 25.2 Å². The van der Waals surface area contributed by atoms with E-state index < -0.39 is 17.7 Å². The van der Waals surface area contributed by atoms with Gasteiger partial charge < -0.3 is 24.2 Å². The van der Waals surface area contributed by atoms with Crippen molar-refractivity contribution in [3.63, 3.8) is 0 Å². The van der Waals surface area contributed by atoms with Gasteiger partial charge in [-0.2, -0.15) is 0 Å². The summed E-state index contributed by atoms with van der Waals surface area (Å²) >= 11 is 0. The molecule has 1 N–H and O–H groups in total. The predicted octanol–water partition coefficient (Wildman–Crippen LogP) is 7.18. The summed E-state index contributed by atoms with van der Waals surface area (Å²) < 4.78 is 7.64. The molecule has 8 nitrogen and oxygen atoms in total. The summed E-state index contributed by atoms with van der Waals surface area (Å²) in [6.07, 6.45) is 0.925. The van der Waals surface area contributed by atoms with E-state index >= 15 is 0 Å². The molecule has 4 aromatic carbocycles. The van der Waals surface area contributed by atoms with Crippen LogP contribution in [0, 0.1) is 0 Å². The van der Waals surface area contributed by atoms with Crippen LogP contribution in [0.1, 0.15) is 60.1 Å². The Bertz CT molecular complexity index is 1800. The number of benzene rings is 4. The number of aliphatic hydroxyl groups is 1. The first-order chi connectivity index (χ1) is 23.2. The smallest absolute Gasteiger partial charge is 0.410 e. The Morgan fingerprint density at radius 2 is 1.38 bits per heavy atom. The van der Waals surface area contributed by atoms with Crippen molar-refractivity contribution in [2.24, 2.45) is 0 Å². The highest BCUT2D eigenvalue weighted by atomic mass is 16.6. The molecule has 6 rings (SSSR count). The van der Waals surface area contributed by atoms with E-state index in [1.165, 1.54) is 0 Å². The number of rotatable bonds is 8. The fourth-order valence-corrected chi connectivity index (χ4v) is 6.40. The lowest BCUT2D eigenvalue weighted by molar-refractivity contribution is 0.00429. The number of amides is 2. The molecule has 0 radical (unpaired) electrons. The van der Waals surface area contributed by atoms with Gasteiger partial charge in [-0.1, -0.05) is 121 Å². The van der Waals surface area contributed by atoms with Gasteiger partial charge in [-0.15, -0.1) is 0 Å². The van der Waals surface area contributed by atoms with E-state index in [0.717, 1.165) is 22.3 Å². The highest BCUT2D eigenvalue weighted by Crippen LogP contribution is 2.38. The number of hydrogen-bond acceptors (Lipinski definition) is 5. The Balaban J connectivity index is 1.42. The molecule has 1 aliphatic rings. The van der Waals surface area contributed by atoms with Crippen LogP contribution in [0.5, 0.6) is 0 Å². The van der Waals surface area contributed by atoms with Gasteiger partial charge in [0.15, 0.2) is 5.69 Å². The quantitative estimate of drug-likeness (QED) is 0.194. The van der Waals surface area contributed by atoms with Gasteiger partial charge in [-0.3, -0.25) is 4.79 Å². The second-order valence-corrected chi connectivity index (χ2v) is 13.2. The normalized spacial score (nSPS) is 16.3. The van der Waals surface area contributed by atoms with Gasteiger partial charge in [0.05, 0.1) is 24.1 Å². The molecule has 48 heavy (non-hydrogen) atoms. The largest absolute Gasteiger partial charge is 0.444 e. The van der Waals surface area contributed by atoms with E-state index in [1.807, 2.05) is 152 Å². The third-order valence-electron chi connectivity index (χ3n) is 8.63. The number of hydrogen-bond donors (Lipinski definition) is 1. The molecule has 5 aromatic rings. The van der Waals surface area contributed by atoms with Gasteiger partial charge in [-0.05, 0) is 43.9 Å². The first-order valence-corrected chi connectivity index (χ1v) is 16.4. The molecule has 246 valence electrons. The molecule has 1 fully saturated rings. The summed E-state index contributed by atoms with van der Waals surface area (Å²) in [6.45, 7) is 6.55. The van der Waals surface area contributed by atoms with Crippen molar-refractivity contribution in [1.29, 1.82) is 0 Å². The number of aliphatic hydroxyl groups excluding tert-OH is 1. The second kappa shape index (κ2) is 14.3. The van der Waals surface area contributed by atoms with E-state index in [4.69, 9.17) is 9.72 Å². The third kappa shape index (κ3) is 7.34. The van der Waals surface area contributed by atoms with Gasteiger partial charge >= 0.3 is 6.09 Å². The molecule has 0 aliphatic carbocycles. The number of ether oxygens (including phenoxy) is 1. The van der Waals surface area contributed by atoms with Gasteiger partial charge in [-0.25, -0.2) is 9.78 Å². The third-order valence-corrected chi connectivity index (χ3v) is 8.63. The van der Waals surface area contributed by atoms with E-state index in [2.05, 4.69) is 0 Å². The standard InChI is InChI=1S/C40H42N4O4/c1-40(2,3)48-39(47)42-24-25-43(33(27-42)26-29-16-8-4-9-17-29)38(46)34-35(30-18-10-5-11-19-30)44(28-41-34)36(31-20-12-6-13-21-31)37(45)32-22-14-7-15-23-32/h4-23,28,33,36-37,45H,24-27H2,1-3H3/t33-,36-,37+/m1/s1. The van der Waals surface area contributed by atoms with Crippen LogP contribution in [0.3, 0.4) is 0 Å². The molecule has 1 aromatic heterocycles. The maximum Gasteiger partial charge on any atom is 0.410 e. The van der Waals surface area contributed by atoms with E-state index in [1.54, 1.807) is 11.2 Å². The van der Waals surface area contributed by atoms with Crippen molar-refractivity contribution in [3.8, 4) is 11.3 Å². The van der Waals surface area contributed by atoms with Crippen molar-refractivity contribution in [2.45, 2.75) is 51.0 Å². The van der Waals surface area contributed by atoms with Crippen molar-refractivity contribution >= 4 is 12.0 Å². The van der Waals surface area contributed by atoms with Crippen LogP contribution in [0.4, 0.5) is 4.79 Å². The van der Waals surface area contributed by atoms with Crippen LogP contribution in [-0.2, 0) is 11.2 Å². The maximum atomic E-state index is 14.8. The van der Waals surface area contributed by atoms with Crippen LogP contribution in [0.25, 0.3) is 11.3 Å². The summed E-state index contributed by atoms with van der Waals surface area (Å²) in [5, 5.41) is 11.9. The molecule has 0 unspecified atom stereocenters. The average molecular weight is 643 g/mol. The summed E-state index contributed by atoms with van der Waals surface area (Å²) in [5.74, 6) is -0.224. The molecule has 1 saturated heterocycles. The minimum Gasteiger partial charge on any atom is -0.444 e. The van der Waals surface area contributed by atoms with Crippen molar-refractivity contribution in [2.75, 3.05) is 19.6 Å². The van der Waals surface area contributed by atoms with Crippen LogP contribution < -0.4 is 0 Å². The number of carbonyl (C=O) groups excluding carboxylic acids is 2. The molecule has 0 saturated carbocycles. The number of piperazine rings is 1. The van der Waals surface area contributed by atoms with Crippen molar-refractivity contribution < 1.29 is 19.4 Å². The average Bonchev–Trinajstić information content (AvgIpc) is 3.53. The zero-order chi connectivity index (χ0) is 33.7. The summed E-state index contributed by atoms with van der Waals surface area (Å²) in [6, 6.07) is 38.2. The van der Waals surface area contributed by atoms with E-state index in [0.29, 0.717) is 37.4 Å². The molecule has 1 aliphatic heterocycles. The second-order valence-electron chi connectivity index (χ2n) is 13.2. The first kappa shape index (κ1) is 32.7. The number of imidazole rings is 1. The number of nitrogens with zero attached hydrogens (tertiary/aromatic N) is 4. The van der Waals surface area contributed by atoms with Crippen molar-refractivity contribution in [3.05, 3.63) is 150 Å². The number of aromatic nitrogens is 2. The lowest BCUT2D eigenvalue weighted by atomic mass is 9.94. The Kier molecular flexibility index (Phi) is 9.73. The molecule has 2 amide bonds. The van der Waals surface area contributed by atoms with Crippen LogP contribution in [-0.4, -0.2) is 67.7 Å². The van der Waals surface area contributed by atoms with E-state index in [9.17, 15) is 14.7 Å². The lowest BCUT2D eigenvalue weighted by Crippen LogP contribution is -2.58.